The molecular weight excluding hydrogens is 595 g/mol. The third-order valence-electron chi connectivity index (χ3n) is 7.77. The van der Waals surface area contributed by atoms with E-state index in [1.807, 2.05) is 37.6 Å². The molecule has 0 radical (unpaired) electrons. The number of ether oxygens (including phenoxy) is 3. The van der Waals surface area contributed by atoms with Crippen molar-refractivity contribution in [2.75, 3.05) is 55.1 Å². The van der Waals surface area contributed by atoms with Crippen molar-refractivity contribution in [1.82, 2.24) is 34.7 Å². The van der Waals surface area contributed by atoms with Gasteiger partial charge in [0.25, 0.3) is 0 Å². The molecule has 8 rings (SSSR count). The van der Waals surface area contributed by atoms with E-state index in [0.29, 0.717) is 83.1 Å². The van der Waals surface area contributed by atoms with Crippen LogP contribution >= 0.6 is 8.46 Å². The summed E-state index contributed by atoms with van der Waals surface area (Å²) >= 11 is 0. The molecular formula is C30H27N10O4P. The van der Waals surface area contributed by atoms with E-state index in [-0.39, 0.29) is 8.46 Å². The molecule has 14 nitrogen and oxygen atoms in total. The third kappa shape index (κ3) is 4.93. The molecule has 15 heteroatoms. The molecule has 2 aliphatic rings. The van der Waals surface area contributed by atoms with Crippen LogP contribution < -0.4 is 30.3 Å². The highest BCUT2D eigenvalue weighted by atomic mass is 31.1. The molecule has 2 aliphatic heterocycles. The average molecular weight is 623 g/mol. The summed E-state index contributed by atoms with van der Waals surface area (Å²) in [5.74, 6) is 2.06. The van der Waals surface area contributed by atoms with Gasteiger partial charge in [0.1, 0.15) is 30.2 Å². The number of rotatable bonds is 7. The molecule has 0 saturated carbocycles. The maximum absolute atomic E-state index is 12.3. The molecule has 0 atom stereocenters. The van der Waals surface area contributed by atoms with Gasteiger partial charge in [0.05, 0.1) is 52.7 Å². The molecule has 0 bridgehead atoms. The Morgan fingerprint density at radius 3 is 2.64 bits per heavy atom. The molecule has 0 unspecified atom stereocenters. The molecule has 2 aromatic carbocycles. The van der Waals surface area contributed by atoms with Gasteiger partial charge < -0.3 is 34.7 Å². The molecule has 1 fully saturated rings. The molecule has 0 amide bonds. The van der Waals surface area contributed by atoms with Crippen molar-refractivity contribution >= 4 is 64.7 Å². The van der Waals surface area contributed by atoms with Crippen LogP contribution in [-0.4, -0.2) is 74.2 Å². The summed E-state index contributed by atoms with van der Waals surface area (Å²) in [5, 5.41) is 12.5. The van der Waals surface area contributed by atoms with Gasteiger partial charge in [-0.1, -0.05) is 0 Å². The number of aromatic amines is 1. The number of nitrogens with one attached hydrogen (secondary N) is 3. The number of anilines is 5. The normalized spacial score (nSPS) is 14.7. The Bertz CT molecular complexity index is 2070. The highest BCUT2D eigenvalue weighted by molar-refractivity contribution is 7.35. The monoisotopic (exact) mass is 622 g/mol. The standard InChI is InChI=1S/C30H27N10O4P/c1-39-16-17(15-34-39)19-14-22(40-8-10-42-11-9-40)25-26(44-13-12-43-25)23(19)36-30-37-28-18(4-5-33-28)29(38-30)35-21-3-2-20-24(27(21)45-41)32-7-6-31-20/h2-7,14-16H,8-13H2,1H3,(H3,33,35,36,37,38). The Kier molecular flexibility index (Phi) is 6.84. The van der Waals surface area contributed by atoms with Crippen LogP contribution in [0.3, 0.4) is 0 Å². The molecule has 3 N–H and O–H groups in total. The lowest BCUT2D eigenvalue weighted by Gasteiger charge is -2.33. The highest BCUT2D eigenvalue weighted by Gasteiger charge is 2.29. The summed E-state index contributed by atoms with van der Waals surface area (Å²) in [7, 11) is 1.68. The lowest BCUT2D eigenvalue weighted by molar-refractivity contribution is 0.121. The largest absolute Gasteiger partial charge is 0.484 e. The van der Waals surface area contributed by atoms with E-state index in [0.717, 1.165) is 35.3 Å². The Labute approximate surface area is 258 Å². The van der Waals surface area contributed by atoms with E-state index in [1.54, 1.807) is 23.3 Å². The van der Waals surface area contributed by atoms with Crippen molar-refractivity contribution in [3.05, 3.63) is 55.2 Å². The van der Waals surface area contributed by atoms with Gasteiger partial charge in [-0.15, -0.1) is 0 Å². The van der Waals surface area contributed by atoms with Crippen molar-refractivity contribution in [2.24, 2.45) is 7.05 Å². The van der Waals surface area contributed by atoms with Gasteiger partial charge in [-0.3, -0.25) is 19.2 Å². The summed E-state index contributed by atoms with van der Waals surface area (Å²) in [6.07, 6.45) is 8.74. The second-order valence-corrected chi connectivity index (χ2v) is 11.2. The highest BCUT2D eigenvalue weighted by Crippen LogP contribution is 2.51. The van der Waals surface area contributed by atoms with Crippen LogP contribution in [0.5, 0.6) is 11.5 Å². The number of morpholine rings is 1. The van der Waals surface area contributed by atoms with Gasteiger partial charge in [0, 0.05) is 56.1 Å². The van der Waals surface area contributed by atoms with Crippen molar-refractivity contribution in [3.8, 4) is 22.6 Å². The lowest BCUT2D eigenvalue weighted by Crippen LogP contribution is -2.37. The number of aryl methyl sites for hydroxylation is 1. The van der Waals surface area contributed by atoms with Crippen molar-refractivity contribution < 1.29 is 18.8 Å². The van der Waals surface area contributed by atoms with E-state index < -0.39 is 0 Å². The smallest absolute Gasteiger partial charge is 0.231 e. The van der Waals surface area contributed by atoms with Crippen LogP contribution in [0.1, 0.15) is 0 Å². The van der Waals surface area contributed by atoms with Gasteiger partial charge in [0.15, 0.2) is 20.0 Å². The second kappa shape index (κ2) is 11.3. The molecule has 0 spiro atoms. The van der Waals surface area contributed by atoms with Crippen molar-refractivity contribution in [2.45, 2.75) is 0 Å². The fraction of sp³-hybridized carbons (Fsp3) is 0.233. The quantitative estimate of drug-likeness (QED) is 0.217. The van der Waals surface area contributed by atoms with E-state index >= 15 is 0 Å². The average Bonchev–Trinajstić information content (AvgIpc) is 3.74. The Balaban J connectivity index is 1.25. The summed E-state index contributed by atoms with van der Waals surface area (Å²) in [5.41, 5.74) is 5.73. The second-order valence-electron chi connectivity index (χ2n) is 10.5. The zero-order valence-electron chi connectivity index (χ0n) is 24.1. The number of hydrogen-bond donors (Lipinski definition) is 3. The number of nitrogens with zero attached hydrogens (tertiary/aromatic N) is 7. The molecule has 45 heavy (non-hydrogen) atoms. The van der Waals surface area contributed by atoms with E-state index in [2.05, 4.69) is 41.7 Å². The third-order valence-corrected chi connectivity index (χ3v) is 8.41. The first kappa shape index (κ1) is 27.2. The Hall–Kier alpha value is -5.33. The summed E-state index contributed by atoms with van der Waals surface area (Å²) in [4.78, 5) is 23.8. The van der Waals surface area contributed by atoms with Crippen molar-refractivity contribution in [3.63, 3.8) is 0 Å². The van der Waals surface area contributed by atoms with Crippen LogP contribution in [-0.2, 0) is 16.3 Å². The van der Waals surface area contributed by atoms with Crippen LogP contribution in [0.4, 0.5) is 28.8 Å². The summed E-state index contributed by atoms with van der Waals surface area (Å²) in [6.45, 7) is 3.58. The van der Waals surface area contributed by atoms with E-state index in [1.165, 1.54) is 0 Å². The predicted octanol–water partition coefficient (Wildman–Crippen LogP) is 4.31. The molecule has 0 aliphatic carbocycles. The van der Waals surface area contributed by atoms with Crippen LogP contribution in [0.2, 0.25) is 0 Å². The number of fused-ring (bicyclic) bond motifs is 3. The SMILES string of the molecule is Cn1cc(-c2cc(N3CCOCC3)c3c(c2Nc2nc(Nc4ccc5nccnc5c4P=O)c4cc[nH]c4n2)OCCO3)cn1. The lowest BCUT2D eigenvalue weighted by atomic mass is 10.0. The first-order chi connectivity index (χ1) is 22.2. The minimum atomic E-state index is -0.197. The zero-order valence-corrected chi connectivity index (χ0v) is 25.0. The summed E-state index contributed by atoms with van der Waals surface area (Å²) < 4.78 is 32.2. The minimum absolute atomic E-state index is 0.197. The zero-order chi connectivity index (χ0) is 30.3. The van der Waals surface area contributed by atoms with E-state index in [4.69, 9.17) is 24.2 Å². The molecule has 1 saturated heterocycles. The van der Waals surface area contributed by atoms with Crippen molar-refractivity contribution in [1.29, 1.82) is 0 Å². The molecule has 226 valence electrons. The number of aromatic nitrogens is 7. The van der Waals surface area contributed by atoms with Gasteiger partial charge in [-0.05, 0) is 24.3 Å². The van der Waals surface area contributed by atoms with E-state index in [9.17, 15) is 4.57 Å². The van der Waals surface area contributed by atoms with Gasteiger partial charge in [-0.25, -0.2) is 0 Å². The van der Waals surface area contributed by atoms with Gasteiger partial charge >= 0.3 is 0 Å². The van der Waals surface area contributed by atoms with Crippen LogP contribution in [0.25, 0.3) is 33.2 Å². The summed E-state index contributed by atoms with van der Waals surface area (Å²) in [6, 6.07) is 7.62. The first-order valence-corrected chi connectivity index (χ1v) is 15.2. The van der Waals surface area contributed by atoms with Gasteiger partial charge in [-0.2, -0.15) is 15.1 Å². The maximum atomic E-state index is 12.3. The first-order valence-electron chi connectivity index (χ1n) is 14.4. The number of benzene rings is 2. The Morgan fingerprint density at radius 1 is 0.978 bits per heavy atom. The Morgan fingerprint density at radius 2 is 1.82 bits per heavy atom. The fourth-order valence-electron chi connectivity index (χ4n) is 5.69. The number of hydrogen-bond acceptors (Lipinski definition) is 12. The van der Waals surface area contributed by atoms with Crippen LogP contribution in [0.15, 0.2) is 55.2 Å². The molecule has 6 heterocycles. The number of H-pyrrole nitrogens is 1. The minimum Gasteiger partial charge on any atom is -0.484 e. The molecule has 4 aromatic heterocycles. The van der Waals surface area contributed by atoms with Gasteiger partial charge in [0.2, 0.25) is 5.95 Å². The topological polar surface area (TPSA) is 157 Å². The van der Waals surface area contributed by atoms with Crippen LogP contribution in [0, 0.1) is 0 Å². The fourth-order valence-corrected chi connectivity index (χ4v) is 6.18. The maximum Gasteiger partial charge on any atom is 0.231 e. The molecule has 6 aromatic rings. The predicted molar refractivity (Wildman–Crippen MR) is 170 cm³/mol.